The molecule has 0 amide bonds. The normalized spacial score (nSPS) is 10.5. The lowest BCUT2D eigenvalue weighted by atomic mass is 10.2. The number of halogens is 4. The van der Waals surface area contributed by atoms with Crippen LogP contribution >= 0.6 is 15.9 Å². The Balaban J connectivity index is 3.24. The Morgan fingerprint density at radius 1 is 1.31 bits per heavy atom. The second-order valence-corrected chi connectivity index (χ2v) is 3.09. The molecule has 72 valence electrons. The summed E-state index contributed by atoms with van der Waals surface area (Å²) in [5, 5.41) is 8.25. The summed E-state index contributed by atoms with van der Waals surface area (Å²) >= 11 is 2.55. The molecule has 0 aliphatic heterocycles. The molecule has 0 atom stereocenters. The Kier molecular flexibility index (Phi) is 3.29. The van der Waals surface area contributed by atoms with Crippen LogP contribution in [0.15, 0.2) is 10.5 Å². The first kappa shape index (κ1) is 10.5. The molecule has 0 spiro atoms. The molecule has 1 aromatic carbocycles. The van der Waals surface area contributed by atoms with Crippen molar-refractivity contribution in [2.75, 3.05) is 0 Å². The third-order valence-corrected chi connectivity index (χ3v) is 2.14. The third-order valence-electron chi connectivity index (χ3n) is 1.45. The van der Waals surface area contributed by atoms with Crippen molar-refractivity contribution in [1.29, 1.82) is 0 Å². The minimum absolute atomic E-state index is 0.159. The van der Waals surface area contributed by atoms with E-state index in [1.54, 1.807) is 5.48 Å². The van der Waals surface area contributed by atoms with Gasteiger partial charge in [0.05, 0.1) is 4.47 Å². The molecule has 1 aromatic rings. The Morgan fingerprint density at radius 2 is 1.92 bits per heavy atom. The minimum atomic E-state index is -1.28. The van der Waals surface area contributed by atoms with E-state index < -0.39 is 21.9 Å². The van der Waals surface area contributed by atoms with Gasteiger partial charge in [0.1, 0.15) is 5.82 Å². The number of hydroxylamine groups is 1. The van der Waals surface area contributed by atoms with Gasteiger partial charge in [0.2, 0.25) is 0 Å². The van der Waals surface area contributed by atoms with Gasteiger partial charge in [-0.3, -0.25) is 0 Å². The van der Waals surface area contributed by atoms with Crippen LogP contribution in [0.4, 0.5) is 13.2 Å². The molecule has 0 aliphatic rings. The van der Waals surface area contributed by atoms with Crippen LogP contribution in [0, 0.1) is 17.5 Å². The average molecular weight is 256 g/mol. The number of benzene rings is 1. The van der Waals surface area contributed by atoms with E-state index in [2.05, 4.69) is 15.9 Å². The Hall–Kier alpha value is -0.590. The van der Waals surface area contributed by atoms with E-state index in [1.165, 1.54) is 0 Å². The zero-order valence-electron chi connectivity index (χ0n) is 6.24. The molecule has 0 saturated carbocycles. The summed E-state index contributed by atoms with van der Waals surface area (Å²) in [6.07, 6.45) is 0. The first-order valence-electron chi connectivity index (χ1n) is 3.26. The van der Waals surface area contributed by atoms with E-state index >= 15 is 0 Å². The van der Waals surface area contributed by atoms with Gasteiger partial charge in [-0.1, -0.05) is 0 Å². The van der Waals surface area contributed by atoms with Crippen molar-refractivity contribution < 1.29 is 18.4 Å². The Labute approximate surface area is 80.5 Å². The predicted molar refractivity (Wildman–Crippen MR) is 42.6 cm³/mol. The maximum absolute atomic E-state index is 13.0. The first-order valence-corrected chi connectivity index (χ1v) is 4.06. The zero-order chi connectivity index (χ0) is 10.0. The van der Waals surface area contributed by atoms with Crippen LogP contribution in [0.3, 0.4) is 0 Å². The summed E-state index contributed by atoms with van der Waals surface area (Å²) in [5.74, 6) is -3.38. The molecule has 0 aliphatic carbocycles. The van der Waals surface area contributed by atoms with E-state index in [-0.39, 0.29) is 12.1 Å². The van der Waals surface area contributed by atoms with Gasteiger partial charge >= 0.3 is 0 Å². The average Bonchev–Trinajstić information content (AvgIpc) is 2.11. The number of hydrogen-bond acceptors (Lipinski definition) is 2. The SMILES string of the molecule is ONCc1cc(F)c(F)c(Br)c1F. The molecule has 1 rings (SSSR count). The van der Waals surface area contributed by atoms with Crippen molar-refractivity contribution in [1.82, 2.24) is 5.48 Å². The van der Waals surface area contributed by atoms with Gasteiger partial charge < -0.3 is 5.21 Å². The predicted octanol–water partition coefficient (Wildman–Crippen LogP) is 2.35. The monoisotopic (exact) mass is 255 g/mol. The summed E-state index contributed by atoms with van der Waals surface area (Å²) in [4.78, 5) is 0. The van der Waals surface area contributed by atoms with Crippen molar-refractivity contribution in [3.05, 3.63) is 33.6 Å². The summed E-state index contributed by atoms with van der Waals surface area (Å²) in [5.41, 5.74) is 1.49. The van der Waals surface area contributed by atoms with Crippen LogP contribution < -0.4 is 5.48 Å². The molecule has 0 heterocycles. The fourth-order valence-corrected chi connectivity index (χ4v) is 1.28. The molecule has 0 bridgehead atoms. The molecule has 0 unspecified atom stereocenters. The van der Waals surface area contributed by atoms with Crippen LogP contribution in [-0.4, -0.2) is 5.21 Å². The molecular weight excluding hydrogens is 251 g/mol. The quantitative estimate of drug-likeness (QED) is 0.483. The maximum atomic E-state index is 13.0. The molecule has 0 fully saturated rings. The highest BCUT2D eigenvalue weighted by atomic mass is 79.9. The second kappa shape index (κ2) is 4.08. The fraction of sp³-hybridized carbons (Fsp3) is 0.143. The lowest BCUT2D eigenvalue weighted by molar-refractivity contribution is 0.159. The number of rotatable bonds is 2. The summed E-state index contributed by atoms with van der Waals surface area (Å²) in [6.45, 7) is -0.290. The smallest absolute Gasteiger partial charge is 0.175 e. The fourth-order valence-electron chi connectivity index (χ4n) is 0.836. The van der Waals surface area contributed by atoms with E-state index in [1.807, 2.05) is 0 Å². The minimum Gasteiger partial charge on any atom is -0.316 e. The van der Waals surface area contributed by atoms with Crippen LogP contribution in [0.2, 0.25) is 0 Å². The van der Waals surface area contributed by atoms with Gasteiger partial charge in [0, 0.05) is 12.1 Å². The van der Waals surface area contributed by atoms with E-state index in [4.69, 9.17) is 5.21 Å². The van der Waals surface area contributed by atoms with Crippen LogP contribution in [0.1, 0.15) is 5.56 Å². The Morgan fingerprint density at radius 3 is 2.46 bits per heavy atom. The molecule has 0 aromatic heterocycles. The molecule has 13 heavy (non-hydrogen) atoms. The standard InChI is InChI=1S/C7H5BrF3NO/c8-5-6(10)3(2-12-13)1-4(9)7(5)11/h1,12-13H,2H2. The van der Waals surface area contributed by atoms with Crippen molar-refractivity contribution in [3.8, 4) is 0 Å². The van der Waals surface area contributed by atoms with Crippen LogP contribution in [0.25, 0.3) is 0 Å². The van der Waals surface area contributed by atoms with E-state index in [0.717, 1.165) is 0 Å². The first-order chi connectivity index (χ1) is 6.07. The third kappa shape index (κ3) is 2.01. The highest BCUT2D eigenvalue weighted by Crippen LogP contribution is 2.24. The number of hydrogen-bond donors (Lipinski definition) is 2. The van der Waals surface area contributed by atoms with Gasteiger partial charge in [-0.2, -0.15) is 0 Å². The highest BCUT2D eigenvalue weighted by Gasteiger charge is 2.15. The topological polar surface area (TPSA) is 32.3 Å². The highest BCUT2D eigenvalue weighted by molar-refractivity contribution is 9.10. The molecule has 2 nitrogen and oxygen atoms in total. The van der Waals surface area contributed by atoms with Gasteiger partial charge in [-0.15, -0.1) is 0 Å². The van der Waals surface area contributed by atoms with Gasteiger partial charge in [-0.05, 0) is 22.0 Å². The van der Waals surface area contributed by atoms with Gasteiger partial charge in [0.15, 0.2) is 11.6 Å². The lowest BCUT2D eigenvalue weighted by Crippen LogP contribution is -2.09. The van der Waals surface area contributed by atoms with Crippen molar-refractivity contribution in [2.45, 2.75) is 6.54 Å². The van der Waals surface area contributed by atoms with Crippen molar-refractivity contribution in [3.63, 3.8) is 0 Å². The van der Waals surface area contributed by atoms with Crippen molar-refractivity contribution >= 4 is 15.9 Å². The zero-order valence-corrected chi connectivity index (χ0v) is 7.83. The van der Waals surface area contributed by atoms with E-state index in [9.17, 15) is 13.2 Å². The molecular formula is C7H5BrF3NO. The summed E-state index contributed by atoms with van der Waals surface area (Å²) in [6, 6.07) is 0.679. The summed E-state index contributed by atoms with van der Waals surface area (Å²) in [7, 11) is 0. The lowest BCUT2D eigenvalue weighted by Gasteiger charge is -2.04. The largest absolute Gasteiger partial charge is 0.316 e. The van der Waals surface area contributed by atoms with Crippen LogP contribution in [-0.2, 0) is 6.54 Å². The Bertz CT molecular complexity index is 332. The maximum Gasteiger partial charge on any atom is 0.175 e. The molecule has 0 saturated heterocycles. The second-order valence-electron chi connectivity index (χ2n) is 2.29. The van der Waals surface area contributed by atoms with Crippen LogP contribution in [0.5, 0.6) is 0 Å². The molecule has 2 N–H and O–H groups in total. The summed E-state index contributed by atoms with van der Waals surface area (Å²) < 4.78 is 37.8. The molecule has 6 heteroatoms. The number of nitrogens with one attached hydrogen (secondary N) is 1. The van der Waals surface area contributed by atoms with Gasteiger partial charge in [-0.25, -0.2) is 18.7 Å². The van der Waals surface area contributed by atoms with Crippen molar-refractivity contribution in [2.24, 2.45) is 0 Å². The van der Waals surface area contributed by atoms with Gasteiger partial charge in [0.25, 0.3) is 0 Å². The molecule has 0 radical (unpaired) electrons. The van der Waals surface area contributed by atoms with E-state index in [0.29, 0.717) is 6.07 Å².